The van der Waals surface area contributed by atoms with Crippen LogP contribution >= 0.6 is 0 Å². The van der Waals surface area contributed by atoms with Gasteiger partial charge in [-0.25, -0.2) is 9.59 Å². The van der Waals surface area contributed by atoms with Crippen molar-refractivity contribution in [2.24, 2.45) is 0 Å². The number of Topliss-reactive ketones (excluding diaryl/α,β-unsaturated/α-hetero) is 1. The van der Waals surface area contributed by atoms with E-state index >= 15 is 0 Å². The van der Waals surface area contributed by atoms with Crippen LogP contribution in [0, 0.1) is 0 Å². The Morgan fingerprint density at radius 1 is 0.929 bits per heavy atom. The molecule has 8 nitrogen and oxygen atoms in total. The van der Waals surface area contributed by atoms with E-state index in [0.717, 1.165) is 5.56 Å². The van der Waals surface area contributed by atoms with Crippen molar-refractivity contribution in [3.63, 3.8) is 0 Å². The smallest absolute Gasteiger partial charge is 0.435 e. The average molecular weight is 392 g/mol. The topological polar surface area (TPSA) is 97.4 Å². The molecule has 3 atom stereocenters. The molecule has 0 aromatic heterocycles. The van der Waals surface area contributed by atoms with Gasteiger partial charge in [-0.1, -0.05) is 30.3 Å². The third-order valence-corrected chi connectivity index (χ3v) is 3.93. The maximum absolute atomic E-state index is 11.7. The van der Waals surface area contributed by atoms with Gasteiger partial charge in [0.05, 0.1) is 13.2 Å². The second kappa shape index (κ2) is 10.5. The first kappa shape index (κ1) is 21.4. The zero-order valence-electron chi connectivity index (χ0n) is 16.1. The number of ether oxygens (including phenoxy) is 5. The molecular weight excluding hydrogens is 368 g/mol. The van der Waals surface area contributed by atoms with E-state index in [4.69, 9.17) is 23.7 Å². The zero-order valence-corrected chi connectivity index (χ0v) is 16.1. The Balaban J connectivity index is 2.12. The van der Waals surface area contributed by atoms with Crippen LogP contribution in [0.2, 0.25) is 0 Å². The first-order valence-corrected chi connectivity index (χ1v) is 9.02. The molecule has 0 fully saturated rings. The van der Waals surface area contributed by atoms with E-state index in [1.807, 2.05) is 0 Å². The van der Waals surface area contributed by atoms with Gasteiger partial charge in [0, 0.05) is 5.56 Å². The molecule has 1 aliphatic rings. The number of hydrogen-bond donors (Lipinski definition) is 0. The van der Waals surface area contributed by atoms with Crippen molar-refractivity contribution < 1.29 is 38.1 Å². The Kier molecular flexibility index (Phi) is 8.01. The van der Waals surface area contributed by atoms with Gasteiger partial charge in [-0.15, -0.1) is 0 Å². The molecule has 1 aromatic carbocycles. The lowest BCUT2D eigenvalue weighted by Crippen LogP contribution is -2.40. The molecular formula is C20H24O8. The molecule has 1 heterocycles. The highest BCUT2D eigenvalue weighted by Crippen LogP contribution is 2.28. The van der Waals surface area contributed by atoms with Gasteiger partial charge >= 0.3 is 12.3 Å². The summed E-state index contributed by atoms with van der Waals surface area (Å²) in [5, 5.41) is 0. The van der Waals surface area contributed by atoms with E-state index < -0.39 is 30.6 Å². The number of benzene rings is 1. The maximum Gasteiger partial charge on any atom is 0.508 e. The molecule has 28 heavy (non-hydrogen) atoms. The summed E-state index contributed by atoms with van der Waals surface area (Å²) >= 11 is 0. The Hall–Kier alpha value is -2.87. The van der Waals surface area contributed by atoms with Crippen LogP contribution in [0.25, 0.3) is 0 Å². The first-order valence-electron chi connectivity index (χ1n) is 9.02. The predicted molar refractivity (Wildman–Crippen MR) is 98.1 cm³/mol. The molecule has 1 aliphatic heterocycles. The van der Waals surface area contributed by atoms with Crippen molar-refractivity contribution in [2.45, 2.75) is 39.1 Å². The predicted octanol–water partition coefficient (Wildman–Crippen LogP) is 3.60. The van der Waals surface area contributed by atoms with E-state index in [1.165, 1.54) is 6.92 Å². The normalized spacial score (nSPS) is 20.9. The van der Waals surface area contributed by atoms with Crippen LogP contribution in [0.1, 0.15) is 42.8 Å². The zero-order chi connectivity index (χ0) is 20.5. The fourth-order valence-corrected chi connectivity index (χ4v) is 2.56. The number of carbonyl (C=O) groups excluding carboxylic acids is 3. The molecule has 0 radical (unpaired) electrons. The van der Waals surface area contributed by atoms with Crippen LogP contribution in [-0.4, -0.2) is 50.1 Å². The summed E-state index contributed by atoms with van der Waals surface area (Å²) in [4.78, 5) is 34.6. The van der Waals surface area contributed by atoms with Crippen molar-refractivity contribution in [1.29, 1.82) is 0 Å². The number of ketones is 1. The highest BCUT2D eigenvalue weighted by Gasteiger charge is 2.32. The number of rotatable bonds is 7. The Labute approximate surface area is 163 Å². The highest BCUT2D eigenvalue weighted by atomic mass is 16.7. The quantitative estimate of drug-likeness (QED) is 0.394. The van der Waals surface area contributed by atoms with E-state index in [1.54, 1.807) is 50.3 Å². The summed E-state index contributed by atoms with van der Waals surface area (Å²) in [5.41, 5.74) is 1.39. The van der Waals surface area contributed by atoms with Crippen molar-refractivity contribution in [1.82, 2.24) is 0 Å². The molecule has 2 rings (SSSR count). The molecule has 0 unspecified atom stereocenters. The van der Waals surface area contributed by atoms with E-state index in [2.05, 4.69) is 0 Å². The molecule has 0 amide bonds. The van der Waals surface area contributed by atoms with Crippen LogP contribution in [0.15, 0.2) is 36.4 Å². The summed E-state index contributed by atoms with van der Waals surface area (Å²) in [6.45, 7) is 5.00. The minimum Gasteiger partial charge on any atom is -0.435 e. The first-order chi connectivity index (χ1) is 13.4. The molecule has 0 saturated carbocycles. The minimum atomic E-state index is -0.842. The number of carbonyl (C=O) groups is 3. The van der Waals surface area contributed by atoms with Gasteiger partial charge in [0.1, 0.15) is 18.8 Å². The Morgan fingerprint density at radius 2 is 1.57 bits per heavy atom. The SMILES string of the molecule is CCOC(=O)OC[C@H]1O[C@H](c2ccc(C(C)=O)cc2)C=C[C@@H]1OC(=O)OCC. The van der Waals surface area contributed by atoms with Gasteiger partial charge in [-0.2, -0.15) is 0 Å². The van der Waals surface area contributed by atoms with Crippen LogP contribution < -0.4 is 0 Å². The summed E-state index contributed by atoms with van der Waals surface area (Å²) in [6.07, 6.45) is -0.295. The molecule has 0 saturated heterocycles. The summed E-state index contributed by atoms with van der Waals surface area (Å²) in [7, 11) is 0. The highest BCUT2D eigenvalue weighted by molar-refractivity contribution is 5.94. The van der Waals surface area contributed by atoms with Gasteiger partial charge in [0.25, 0.3) is 0 Å². The summed E-state index contributed by atoms with van der Waals surface area (Å²) < 4.78 is 25.7. The van der Waals surface area contributed by atoms with Gasteiger partial charge in [-0.05, 0) is 32.4 Å². The molecule has 152 valence electrons. The van der Waals surface area contributed by atoms with Gasteiger partial charge in [-0.3, -0.25) is 4.79 Å². The second-order valence-electron chi connectivity index (χ2n) is 5.92. The van der Waals surface area contributed by atoms with Crippen molar-refractivity contribution in [2.75, 3.05) is 19.8 Å². The monoisotopic (exact) mass is 392 g/mol. The Bertz CT molecular complexity index is 709. The second-order valence-corrected chi connectivity index (χ2v) is 5.92. The standard InChI is InChI=1S/C20H24O8/c1-4-24-19(22)26-12-18-17(28-20(23)25-5-2)11-10-16(27-18)15-8-6-14(7-9-15)13(3)21/h6-11,16-18H,4-5,12H2,1-3H3/t16-,17-,18+/m0/s1. The molecule has 0 N–H and O–H groups in total. The maximum atomic E-state index is 11.7. The molecule has 1 aromatic rings. The van der Waals surface area contributed by atoms with Crippen molar-refractivity contribution in [3.8, 4) is 0 Å². The van der Waals surface area contributed by atoms with Crippen molar-refractivity contribution in [3.05, 3.63) is 47.5 Å². The fourth-order valence-electron chi connectivity index (χ4n) is 2.56. The lowest BCUT2D eigenvalue weighted by atomic mass is 10.0. The largest absolute Gasteiger partial charge is 0.508 e. The van der Waals surface area contributed by atoms with Crippen LogP contribution in [-0.2, 0) is 23.7 Å². The molecule has 8 heteroatoms. The summed E-state index contributed by atoms with van der Waals surface area (Å²) in [5.74, 6) is -0.0322. The molecule has 0 aliphatic carbocycles. The lowest BCUT2D eigenvalue weighted by molar-refractivity contribution is -0.0995. The van der Waals surface area contributed by atoms with E-state index in [9.17, 15) is 14.4 Å². The van der Waals surface area contributed by atoms with Gasteiger partial charge < -0.3 is 23.7 Å². The minimum absolute atomic E-state index is 0.0322. The van der Waals surface area contributed by atoms with E-state index in [-0.39, 0.29) is 25.6 Å². The third kappa shape index (κ3) is 6.09. The third-order valence-electron chi connectivity index (χ3n) is 3.93. The van der Waals surface area contributed by atoms with Crippen LogP contribution in [0.5, 0.6) is 0 Å². The average Bonchev–Trinajstić information content (AvgIpc) is 2.67. The van der Waals surface area contributed by atoms with Crippen LogP contribution in [0.4, 0.5) is 9.59 Å². The molecule has 0 spiro atoms. The summed E-state index contributed by atoms with van der Waals surface area (Å²) in [6, 6.07) is 6.98. The fraction of sp³-hybridized carbons (Fsp3) is 0.450. The van der Waals surface area contributed by atoms with Crippen LogP contribution in [0.3, 0.4) is 0 Å². The van der Waals surface area contributed by atoms with Gasteiger partial charge in [0.2, 0.25) is 0 Å². The Morgan fingerprint density at radius 3 is 2.18 bits per heavy atom. The molecule has 0 bridgehead atoms. The lowest BCUT2D eigenvalue weighted by Gasteiger charge is -2.31. The van der Waals surface area contributed by atoms with Gasteiger partial charge in [0.15, 0.2) is 11.9 Å². The van der Waals surface area contributed by atoms with Crippen molar-refractivity contribution >= 4 is 18.1 Å². The van der Waals surface area contributed by atoms with E-state index in [0.29, 0.717) is 5.56 Å². The number of hydrogen-bond acceptors (Lipinski definition) is 8.